The van der Waals surface area contributed by atoms with Crippen LogP contribution in [-0.2, 0) is 14.8 Å². The molecule has 1 aliphatic carbocycles. The molecule has 0 aromatic heterocycles. The highest BCUT2D eigenvalue weighted by molar-refractivity contribution is 7.95. The summed E-state index contributed by atoms with van der Waals surface area (Å²) in [6.45, 7) is 0.652. The van der Waals surface area contributed by atoms with Crippen molar-refractivity contribution in [3.63, 3.8) is 0 Å². The van der Waals surface area contributed by atoms with Gasteiger partial charge in [-0.15, -0.1) is 0 Å². The molecule has 156 valence electrons. The molecule has 2 aromatic carbocycles. The molecule has 0 N–H and O–H groups in total. The van der Waals surface area contributed by atoms with Crippen molar-refractivity contribution in [2.75, 3.05) is 32.0 Å². The second kappa shape index (κ2) is 7.77. The molecular weight excluding hydrogens is 380 g/mol. The first-order valence-corrected chi connectivity index (χ1v) is 12.1. The summed E-state index contributed by atoms with van der Waals surface area (Å²) >= 11 is 0. The van der Waals surface area contributed by atoms with Crippen LogP contribution in [0.1, 0.15) is 44.1 Å². The molecule has 1 saturated carbocycles. The summed E-state index contributed by atoms with van der Waals surface area (Å²) in [6.07, 6.45) is 6.98. The summed E-state index contributed by atoms with van der Waals surface area (Å²) < 4.78 is 27.0. The van der Waals surface area contributed by atoms with E-state index in [1.54, 1.807) is 4.31 Å². The van der Waals surface area contributed by atoms with Gasteiger partial charge in [-0.25, -0.2) is 8.42 Å². The first kappa shape index (κ1) is 20.4. The molecule has 3 aliphatic heterocycles. The topological polar surface area (TPSA) is 40.6 Å². The van der Waals surface area contributed by atoms with Gasteiger partial charge in [0.25, 0.3) is 0 Å². The van der Waals surface area contributed by atoms with Crippen LogP contribution in [0.25, 0.3) is 11.1 Å². The quantitative estimate of drug-likeness (QED) is 0.723. The van der Waals surface area contributed by atoms with E-state index in [4.69, 9.17) is 0 Å². The van der Waals surface area contributed by atoms with E-state index in [9.17, 15) is 8.42 Å². The predicted octanol–water partition coefficient (Wildman–Crippen LogP) is 4.86. The SMILES string of the molecule is CN(C)C.O=S1(=O)N2CC1(CC1CCCCC1)c1cc(-c3ccccc3)ccc12. The summed E-state index contributed by atoms with van der Waals surface area (Å²) in [5.74, 6) is 0.553. The highest BCUT2D eigenvalue weighted by Crippen LogP contribution is 2.60. The minimum atomic E-state index is -3.21. The van der Waals surface area contributed by atoms with E-state index >= 15 is 0 Å². The highest BCUT2D eigenvalue weighted by atomic mass is 32.2. The van der Waals surface area contributed by atoms with Crippen molar-refractivity contribution in [3.8, 4) is 11.1 Å². The molecule has 1 saturated heterocycles. The molecular formula is C24H32N2O2S. The second-order valence-electron chi connectivity index (χ2n) is 9.15. The lowest BCUT2D eigenvalue weighted by Gasteiger charge is -2.43. The van der Waals surface area contributed by atoms with Crippen molar-refractivity contribution < 1.29 is 8.42 Å². The minimum absolute atomic E-state index is 0.553. The second-order valence-corrected chi connectivity index (χ2v) is 11.3. The Morgan fingerprint density at radius 3 is 2.24 bits per heavy atom. The van der Waals surface area contributed by atoms with Gasteiger partial charge in [-0.05, 0) is 56.7 Å². The zero-order valence-corrected chi connectivity index (χ0v) is 18.6. The van der Waals surface area contributed by atoms with Crippen LogP contribution in [0.3, 0.4) is 0 Å². The first-order valence-electron chi connectivity index (χ1n) is 10.7. The normalized spacial score (nSPS) is 24.5. The third-order valence-corrected chi connectivity index (χ3v) is 8.80. The Morgan fingerprint density at radius 1 is 0.966 bits per heavy atom. The number of rotatable bonds is 3. The lowest BCUT2D eigenvalue weighted by atomic mass is 9.80. The van der Waals surface area contributed by atoms with E-state index in [0.717, 1.165) is 28.8 Å². The zero-order chi connectivity index (χ0) is 20.6. The third-order valence-electron chi connectivity index (χ3n) is 6.39. The number of anilines is 1. The van der Waals surface area contributed by atoms with Gasteiger partial charge in [-0.1, -0.05) is 68.5 Å². The molecule has 3 heterocycles. The van der Waals surface area contributed by atoms with Crippen LogP contribution < -0.4 is 4.31 Å². The maximum Gasteiger partial charge on any atom is 0.247 e. The van der Waals surface area contributed by atoms with Crippen molar-refractivity contribution in [1.29, 1.82) is 0 Å². The fraction of sp³-hybridized carbons (Fsp3) is 0.500. The Balaban J connectivity index is 0.000000472. The number of hydrogen-bond donors (Lipinski definition) is 0. The summed E-state index contributed by atoms with van der Waals surface area (Å²) in [7, 11) is 2.79. The molecule has 6 rings (SSSR count). The Labute approximate surface area is 175 Å². The molecule has 2 bridgehead atoms. The molecule has 0 radical (unpaired) electrons. The van der Waals surface area contributed by atoms with Gasteiger partial charge in [0.15, 0.2) is 0 Å². The minimum Gasteiger partial charge on any atom is -0.312 e. The van der Waals surface area contributed by atoms with E-state index in [1.165, 1.54) is 32.1 Å². The molecule has 5 heteroatoms. The van der Waals surface area contributed by atoms with E-state index in [1.807, 2.05) is 50.3 Å². The van der Waals surface area contributed by atoms with Crippen molar-refractivity contribution in [1.82, 2.24) is 4.90 Å². The van der Waals surface area contributed by atoms with Gasteiger partial charge in [0.2, 0.25) is 10.0 Å². The molecule has 2 aromatic rings. The van der Waals surface area contributed by atoms with Crippen molar-refractivity contribution in [2.24, 2.45) is 5.92 Å². The van der Waals surface area contributed by atoms with Crippen LogP contribution in [-0.4, -0.2) is 41.0 Å². The van der Waals surface area contributed by atoms with Gasteiger partial charge in [-0.3, -0.25) is 4.31 Å². The number of nitrogens with zero attached hydrogens (tertiary/aromatic N) is 2. The maximum absolute atomic E-state index is 13.0. The van der Waals surface area contributed by atoms with E-state index in [2.05, 4.69) is 24.3 Å². The van der Waals surface area contributed by atoms with E-state index in [0.29, 0.717) is 12.5 Å². The van der Waals surface area contributed by atoms with Gasteiger partial charge in [0.1, 0.15) is 4.75 Å². The third kappa shape index (κ3) is 3.49. The van der Waals surface area contributed by atoms with Gasteiger partial charge in [0, 0.05) is 5.56 Å². The molecule has 29 heavy (non-hydrogen) atoms. The monoisotopic (exact) mass is 412 g/mol. The smallest absolute Gasteiger partial charge is 0.247 e. The molecule has 0 spiro atoms. The molecule has 2 fully saturated rings. The Kier molecular flexibility index (Phi) is 5.47. The van der Waals surface area contributed by atoms with Crippen molar-refractivity contribution in [2.45, 2.75) is 43.3 Å². The van der Waals surface area contributed by atoms with Gasteiger partial charge >= 0.3 is 0 Å². The van der Waals surface area contributed by atoms with Crippen LogP contribution in [0.5, 0.6) is 0 Å². The van der Waals surface area contributed by atoms with Crippen LogP contribution >= 0.6 is 0 Å². The van der Waals surface area contributed by atoms with Crippen LogP contribution in [0.15, 0.2) is 48.5 Å². The van der Waals surface area contributed by atoms with E-state index < -0.39 is 14.8 Å². The Hall–Kier alpha value is -1.85. The van der Waals surface area contributed by atoms with Gasteiger partial charge < -0.3 is 4.90 Å². The lowest BCUT2D eigenvalue weighted by Crippen LogP contribution is -2.58. The molecule has 1 atom stereocenters. The van der Waals surface area contributed by atoms with Crippen LogP contribution in [0.2, 0.25) is 0 Å². The molecule has 0 amide bonds. The largest absolute Gasteiger partial charge is 0.312 e. The first-order chi connectivity index (χ1) is 13.8. The van der Waals surface area contributed by atoms with Gasteiger partial charge in [0.05, 0.1) is 12.2 Å². The van der Waals surface area contributed by atoms with Crippen LogP contribution in [0, 0.1) is 5.92 Å². The number of benzene rings is 2. The fourth-order valence-corrected chi connectivity index (χ4v) is 7.24. The predicted molar refractivity (Wildman–Crippen MR) is 121 cm³/mol. The summed E-state index contributed by atoms with van der Waals surface area (Å²) in [4.78, 5) is 2.00. The van der Waals surface area contributed by atoms with Crippen LogP contribution in [0.4, 0.5) is 5.69 Å². The summed E-state index contributed by atoms with van der Waals surface area (Å²) in [6, 6.07) is 16.4. The van der Waals surface area contributed by atoms with Gasteiger partial charge in [-0.2, -0.15) is 0 Å². The average Bonchev–Trinajstić information content (AvgIpc) is 3.14. The molecule has 4 nitrogen and oxygen atoms in total. The standard InChI is InChI=1S/C21H23NO2S.C3H9N/c23-25(24)21(14-16-7-3-1-4-8-16)15-22(25)20-12-11-18(13-19(20)21)17-9-5-2-6-10-17;1-4(2)3/h2,5-6,9-13,16H,1,3-4,7-8,14-15H2;1-3H3. The number of hydrogen-bond acceptors (Lipinski definition) is 3. The average molecular weight is 413 g/mol. The fourth-order valence-electron chi connectivity index (χ4n) is 5.05. The number of sulfonamides is 1. The maximum atomic E-state index is 13.0. The van der Waals surface area contributed by atoms with Crippen molar-refractivity contribution >= 4 is 15.7 Å². The van der Waals surface area contributed by atoms with Crippen molar-refractivity contribution in [3.05, 3.63) is 54.1 Å². The zero-order valence-electron chi connectivity index (χ0n) is 17.8. The summed E-state index contributed by atoms with van der Waals surface area (Å²) in [5, 5.41) is 0. The Bertz CT molecular complexity index is 963. The Morgan fingerprint density at radius 2 is 1.62 bits per heavy atom. The summed E-state index contributed by atoms with van der Waals surface area (Å²) in [5.41, 5.74) is 4.22. The highest BCUT2D eigenvalue weighted by Gasteiger charge is 2.66. The molecule has 1 unspecified atom stereocenters. The van der Waals surface area contributed by atoms with E-state index in [-0.39, 0.29) is 0 Å². The lowest BCUT2D eigenvalue weighted by molar-refractivity contribution is 0.296. The molecule has 4 aliphatic rings.